The maximum Gasteiger partial charge on any atom is 0.183 e. The van der Waals surface area contributed by atoms with Crippen molar-refractivity contribution in [2.75, 3.05) is 5.75 Å². The summed E-state index contributed by atoms with van der Waals surface area (Å²) in [5, 5.41) is 2.50. The molecule has 1 aromatic rings. The van der Waals surface area contributed by atoms with E-state index < -0.39 is 0 Å². The summed E-state index contributed by atoms with van der Waals surface area (Å²) in [4.78, 5) is 12.6. The summed E-state index contributed by atoms with van der Waals surface area (Å²) >= 11 is 6.61. The van der Waals surface area contributed by atoms with Crippen LogP contribution in [0.25, 0.3) is 0 Å². The number of carbonyl (C=O) groups excluding carboxylic acids is 1. The van der Waals surface area contributed by atoms with Crippen LogP contribution in [0, 0.1) is 0 Å². The van der Waals surface area contributed by atoms with Gasteiger partial charge in [-0.2, -0.15) is 11.8 Å². The average molecular weight is 293 g/mol. The van der Waals surface area contributed by atoms with E-state index in [1.165, 1.54) is 11.3 Å². The molecule has 1 atom stereocenters. The lowest BCUT2D eigenvalue weighted by atomic mass is 10.3. The lowest BCUT2D eigenvalue weighted by Crippen LogP contribution is -2.04. The van der Waals surface area contributed by atoms with Gasteiger partial charge in [0.2, 0.25) is 0 Å². The monoisotopic (exact) mass is 292 g/mol. The molecule has 0 radical (unpaired) electrons. The molecular formula is C10H13BrOS2. The third-order valence-corrected chi connectivity index (χ3v) is 5.15. The number of rotatable bonds is 5. The van der Waals surface area contributed by atoms with E-state index in [1.807, 2.05) is 11.4 Å². The number of carbonyl (C=O) groups is 1. The minimum Gasteiger partial charge on any atom is -0.292 e. The maximum absolute atomic E-state index is 11.7. The van der Waals surface area contributed by atoms with E-state index in [0.717, 1.165) is 15.8 Å². The van der Waals surface area contributed by atoms with Crippen LogP contribution < -0.4 is 0 Å². The van der Waals surface area contributed by atoms with Crippen LogP contribution >= 0.6 is 39.0 Å². The molecule has 0 aliphatic heterocycles. The van der Waals surface area contributed by atoms with Crippen LogP contribution in [-0.4, -0.2) is 16.8 Å². The van der Waals surface area contributed by atoms with Gasteiger partial charge in [-0.1, -0.05) is 13.8 Å². The molecule has 78 valence electrons. The fraction of sp³-hybridized carbons (Fsp3) is 0.500. The van der Waals surface area contributed by atoms with Crippen molar-refractivity contribution >= 4 is 44.8 Å². The van der Waals surface area contributed by atoms with Crippen LogP contribution in [0.5, 0.6) is 0 Å². The molecule has 0 saturated carbocycles. The highest BCUT2D eigenvalue weighted by atomic mass is 79.9. The fourth-order valence-corrected chi connectivity index (χ4v) is 3.33. The fourth-order valence-electron chi connectivity index (χ4n) is 0.894. The van der Waals surface area contributed by atoms with Crippen molar-refractivity contribution in [2.45, 2.75) is 25.5 Å². The van der Waals surface area contributed by atoms with Crippen molar-refractivity contribution in [3.8, 4) is 0 Å². The van der Waals surface area contributed by atoms with Crippen molar-refractivity contribution in [3.05, 3.63) is 20.8 Å². The summed E-state index contributed by atoms with van der Waals surface area (Å²) in [6.45, 7) is 4.30. The Bertz CT molecular complexity index is 309. The molecule has 1 aromatic heterocycles. The van der Waals surface area contributed by atoms with E-state index in [1.54, 1.807) is 11.8 Å². The van der Waals surface area contributed by atoms with Gasteiger partial charge in [0.1, 0.15) is 0 Å². The second-order valence-electron chi connectivity index (χ2n) is 3.05. The molecule has 0 saturated heterocycles. The number of hydrogen-bond acceptors (Lipinski definition) is 3. The van der Waals surface area contributed by atoms with Crippen LogP contribution in [0.15, 0.2) is 15.9 Å². The number of thioether (sulfide) groups is 1. The summed E-state index contributed by atoms with van der Waals surface area (Å²) in [6.07, 6.45) is 1.11. The van der Waals surface area contributed by atoms with Gasteiger partial charge in [0.25, 0.3) is 0 Å². The van der Waals surface area contributed by atoms with Gasteiger partial charge >= 0.3 is 0 Å². The summed E-state index contributed by atoms with van der Waals surface area (Å²) in [6, 6.07) is 1.92. The first-order chi connectivity index (χ1) is 6.65. The Morgan fingerprint density at radius 1 is 1.71 bits per heavy atom. The Kier molecular flexibility index (Phi) is 5.20. The van der Waals surface area contributed by atoms with E-state index in [-0.39, 0.29) is 5.78 Å². The van der Waals surface area contributed by atoms with Crippen LogP contribution in [0.3, 0.4) is 0 Å². The van der Waals surface area contributed by atoms with Crippen molar-refractivity contribution in [3.63, 3.8) is 0 Å². The molecular weight excluding hydrogens is 280 g/mol. The highest BCUT2D eigenvalue weighted by Crippen LogP contribution is 2.25. The molecule has 4 heteroatoms. The molecule has 0 amide bonds. The second-order valence-corrected chi connectivity index (χ2v) is 6.25. The Balaban J connectivity index is 2.47. The highest BCUT2D eigenvalue weighted by Gasteiger charge is 2.12. The molecule has 1 unspecified atom stereocenters. The van der Waals surface area contributed by atoms with E-state index in [9.17, 15) is 4.79 Å². The third-order valence-electron chi connectivity index (χ3n) is 1.94. The van der Waals surface area contributed by atoms with Crippen LogP contribution in [0.2, 0.25) is 0 Å². The van der Waals surface area contributed by atoms with Gasteiger partial charge in [-0.3, -0.25) is 4.79 Å². The normalized spacial score (nSPS) is 12.8. The van der Waals surface area contributed by atoms with Crippen LogP contribution in [0.4, 0.5) is 0 Å². The van der Waals surface area contributed by atoms with E-state index in [2.05, 4.69) is 29.8 Å². The van der Waals surface area contributed by atoms with Crippen molar-refractivity contribution in [2.24, 2.45) is 0 Å². The zero-order chi connectivity index (χ0) is 10.6. The van der Waals surface area contributed by atoms with Gasteiger partial charge in [0.15, 0.2) is 5.78 Å². The van der Waals surface area contributed by atoms with Gasteiger partial charge in [-0.05, 0) is 33.8 Å². The Morgan fingerprint density at radius 3 is 2.93 bits per heavy atom. The quantitative estimate of drug-likeness (QED) is 0.756. The number of halogens is 1. The van der Waals surface area contributed by atoms with Gasteiger partial charge in [-0.25, -0.2) is 0 Å². The number of hydrogen-bond donors (Lipinski definition) is 0. The number of thiophene rings is 1. The van der Waals surface area contributed by atoms with Crippen LogP contribution in [0.1, 0.15) is 29.9 Å². The molecule has 0 N–H and O–H groups in total. The Morgan fingerprint density at radius 2 is 2.43 bits per heavy atom. The average Bonchev–Trinajstić information content (AvgIpc) is 2.60. The SMILES string of the molecule is CCC(C)SCC(=O)c1sccc1Br. The van der Waals surface area contributed by atoms with Crippen molar-refractivity contribution in [1.29, 1.82) is 0 Å². The van der Waals surface area contributed by atoms with Crippen molar-refractivity contribution in [1.82, 2.24) is 0 Å². The molecule has 0 bridgehead atoms. The highest BCUT2D eigenvalue weighted by molar-refractivity contribution is 9.10. The molecule has 1 rings (SSSR count). The standard InChI is InChI=1S/C10H13BrOS2/c1-3-7(2)14-6-9(12)10-8(11)4-5-13-10/h4-5,7H,3,6H2,1-2H3. The smallest absolute Gasteiger partial charge is 0.183 e. The zero-order valence-electron chi connectivity index (χ0n) is 8.25. The molecule has 0 aliphatic rings. The molecule has 1 nitrogen and oxygen atoms in total. The summed E-state index contributed by atoms with van der Waals surface area (Å²) in [5.74, 6) is 0.825. The predicted molar refractivity (Wildman–Crippen MR) is 68.6 cm³/mol. The molecule has 1 heterocycles. The lowest BCUT2D eigenvalue weighted by Gasteiger charge is -2.06. The topological polar surface area (TPSA) is 17.1 Å². The summed E-state index contributed by atoms with van der Waals surface area (Å²) < 4.78 is 0.928. The summed E-state index contributed by atoms with van der Waals surface area (Å²) in [7, 11) is 0. The summed E-state index contributed by atoms with van der Waals surface area (Å²) in [5.41, 5.74) is 0. The molecule has 14 heavy (non-hydrogen) atoms. The van der Waals surface area contributed by atoms with E-state index in [0.29, 0.717) is 11.0 Å². The van der Waals surface area contributed by atoms with Crippen molar-refractivity contribution < 1.29 is 4.79 Å². The van der Waals surface area contributed by atoms with E-state index >= 15 is 0 Å². The Labute approximate surface area is 101 Å². The predicted octanol–water partition coefficient (Wildman–Crippen LogP) is 4.23. The number of Topliss-reactive ketones (excluding diaryl/α,β-unsaturated/α-hetero) is 1. The van der Waals surface area contributed by atoms with Gasteiger partial charge in [0.05, 0.1) is 10.6 Å². The van der Waals surface area contributed by atoms with Gasteiger partial charge in [-0.15, -0.1) is 11.3 Å². The van der Waals surface area contributed by atoms with Crippen LogP contribution in [-0.2, 0) is 0 Å². The number of ketones is 1. The maximum atomic E-state index is 11.7. The third kappa shape index (κ3) is 3.41. The first-order valence-corrected chi connectivity index (χ1v) is 7.25. The molecule has 0 aliphatic carbocycles. The zero-order valence-corrected chi connectivity index (χ0v) is 11.5. The largest absolute Gasteiger partial charge is 0.292 e. The first-order valence-electron chi connectivity index (χ1n) is 4.53. The Hall–Kier alpha value is 0.200. The van der Waals surface area contributed by atoms with Gasteiger partial charge in [0, 0.05) is 9.72 Å². The molecule has 0 aromatic carbocycles. The minimum absolute atomic E-state index is 0.233. The first kappa shape index (κ1) is 12.3. The van der Waals surface area contributed by atoms with Gasteiger partial charge < -0.3 is 0 Å². The lowest BCUT2D eigenvalue weighted by molar-refractivity contribution is 0.102. The molecule has 0 spiro atoms. The second kappa shape index (κ2) is 5.93. The minimum atomic E-state index is 0.233. The van der Waals surface area contributed by atoms with E-state index in [4.69, 9.17) is 0 Å². The molecule has 0 fully saturated rings.